The van der Waals surface area contributed by atoms with E-state index >= 15 is 0 Å². The zero-order valence-electron chi connectivity index (χ0n) is 28.2. The van der Waals surface area contributed by atoms with Crippen LogP contribution in [0.1, 0.15) is 51.5 Å². The Bertz CT molecular complexity index is 1640. The fraction of sp³-hybridized carbons (Fsp3) is 0.341. The molecule has 0 bridgehead atoms. The maximum atomic E-state index is 13.6. The molecule has 7 rings (SSSR count). The molecular formula is C41H44N2O4P. The average Bonchev–Trinajstić information content (AvgIpc) is 3.87. The van der Waals surface area contributed by atoms with Gasteiger partial charge in [-0.05, 0) is 87.4 Å². The van der Waals surface area contributed by atoms with Gasteiger partial charge in [-0.15, -0.1) is 0 Å². The Kier molecular flexibility index (Phi) is 9.26. The van der Waals surface area contributed by atoms with Gasteiger partial charge in [-0.25, -0.2) is 4.79 Å². The lowest BCUT2D eigenvalue weighted by atomic mass is 9.54. The molecular weight excluding hydrogens is 615 g/mol. The Hall–Kier alpha value is -3.47. The maximum absolute atomic E-state index is 13.6. The van der Waals surface area contributed by atoms with Crippen molar-refractivity contribution in [2.45, 2.75) is 63.5 Å². The highest BCUT2D eigenvalue weighted by molar-refractivity contribution is 7.76. The van der Waals surface area contributed by atoms with Crippen molar-refractivity contribution in [1.82, 2.24) is 4.90 Å². The van der Waals surface area contributed by atoms with Crippen molar-refractivity contribution in [1.29, 1.82) is 0 Å². The number of methoxy groups -OCH3 is 2. The summed E-state index contributed by atoms with van der Waals surface area (Å²) in [5, 5.41) is 6.39. The second-order valence-corrected chi connectivity index (χ2v) is 15.6. The van der Waals surface area contributed by atoms with Crippen molar-refractivity contribution in [2.75, 3.05) is 26.1 Å². The zero-order valence-corrected chi connectivity index (χ0v) is 29.1. The molecule has 1 N–H and O–H groups in total. The van der Waals surface area contributed by atoms with E-state index in [0.717, 1.165) is 30.8 Å². The summed E-state index contributed by atoms with van der Waals surface area (Å²) in [5.41, 5.74) is 4.54. The first kappa shape index (κ1) is 33.0. The number of rotatable bonds is 10. The molecule has 4 aliphatic rings. The molecule has 3 aromatic rings. The van der Waals surface area contributed by atoms with Crippen LogP contribution in [0.25, 0.3) is 0 Å². The van der Waals surface area contributed by atoms with Crippen LogP contribution >= 0.6 is 7.92 Å². The summed E-state index contributed by atoms with van der Waals surface area (Å²) in [7, 11) is 2.14. The van der Waals surface area contributed by atoms with E-state index in [9.17, 15) is 9.59 Å². The SMILES string of the molecule is CC[C@]1(CCC(=O)OC)CC(C(=O)OC)=C2Nc3ccccc3[C@]23CCN([C@@H](C)[C]2[CH][CH][CH][C]2P(c2ccccc2)c2ccccc2)[C@H]13. The average molecular weight is 660 g/mol. The first-order chi connectivity index (χ1) is 23.4. The molecule has 0 amide bonds. The number of nitrogens with one attached hydrogen (secondary N) is 1. The summed E-state index contributed by atoms with van der Waals surface area (Å²) in [6, 6.07) is 30.4. The number of esters is 2. The monoisotopic (exact) mass is 659 g/mol. The number of carbonyl (C=O) groups excluding carboxylic acids is 2. The first-order valence-electron chi connectivity index (χ1n) is 17.1. The van der Waals surface area contributed by atoms with Crippen LogP contribution in [0.2, 0.25) is 0 Å². The molecule has 2 aliphatic carbocycles. The third-order valence-electron chi connectivity index (χ3n) is 11.3. The molecule has 4 atom stereocenters. The molecule has 48 heavy (non-hydrogen) atoms. The van der Waals surface area contributed by atoms with Gasteiger partial charge in [-0.1, -0.05) is 85.8 Å². The molecule has 2 aliphatic heterocycles. The minimum Gasteiger partial charge on any atom is -0.469 e. The maximum Gasteiger partial charge on any atom is 0.335 e. The van der Waals surface area contributed by atoms with Crippen LogP contribution < -0.4 is 15.9 Å². The number of ether oxygens (including phenoxy) is 2. The fourth-order valence-corrected chi connectivity index (χ4v) is 11.7. The van der Waals surface area contributed by atoms with E-state index in [1.807, 2.05) is 0 Å². The van der Waals surface area contributed by atoms with Crippen molar-refractivity contribution >= 4 is 36.2 Å². The normalized spacial score (nSPS) is 26.1. The predicted molar refractivity (Wildman–Crippen MR) is 192 cm³/mol. The van der Waals surface area contributed by atoms with Gasteiger partial charge < -0.3 is 14.8 Å². The van der Waals surface area contributed by atoms with E-state index in [-0.39, 0.29) is 29.4 Å². The summed E-state index contributed by atoms with van der Waals surface area (Å²) in [6.07, 6.45) is 9.98. The van der Waals surface area contributed by atoms with Gasteiger partial charge in [0, 0.05) is 48.0 Å². The molecule has 1 saturated carbocycles. The van der Waals surface area contributed by atoms with E-state index in [4.69, 9.17) is 9.47 Å². The van der Waals surface area contributed by atoms with Crippen LogP contribution in [-0.2, 0) is 24.5 Å². The largest absolute Gasteiger partial charge is 0.469 e. The van der Waals surface area contributed by atoms with Crippen molar-refractivity contribution in [2.24, 2.45) is 5.41 Å². The molecule has 5 radical (unpaired) electrons. The summed E-state index contributed by atoms with van der Waals surface area (Å²) in [4.78, 5) is 29.1. The van der Waals surface area contributed by atoms with Crippen molar-refractivity contribution in [3.63, 3.8) is 0 Å². The molecule has 6 nitrogen and oxygen atoms in total. The van der Waals surface area contributed by atoms with Crippen molar-refractivity contribution in [3.8, 4) is 0 Å². The van der Waals surface area contributed by atoms with E-state index in [2.05, 4.69) is 128 Å². The van der Waals surface area contributed by atoms with Gasteiger partial charge >= 0.3 is 11.9 Å². The Balaban J connectivity index is 1.35. The van der Waals surface area contributed by atoms with E-state index in [1.54, 1.807) is 0 Å². The van der Waals surface area contributed by atoms with Gasteiger partial charge in [0.15, 0.2) is 0 Å². The summed E-state index contributed by atoms with van der Waals surface area (Å²) < 4.78 is 10.6. The van der Waals surface area contributed by atoms with E-state index in [1.165, 1.54) is 42.0 Å². The molecule has 3 aromatic carbocycles. The first-order valence-corrected chi connectivity index (χ1v) is 18.4. The highest BCUT2D eigenvalue weighted by Gasteiger charge is 2.66. The van der Waals surface area contributed by atoms with E-state index in [0.29, 0.717) is 24.8 Å². The van der Waals surface area contributed by atoms with Crippen LogP contribution in [-0.4, -0.2) is 49.7 Å². The number of carbonyl (C=O) groups is 2. The molecule has 0 unspecified atom stereocenters. The molecule has 247 valence electrons. The summed E-state index contributed by atoms with van der Waals surface area (Å²) >= 11 is 0. The Morgan fingerprint density at radius 1 is 0.938 bits per heavy atom. The Morgan fingerprint density at radius 3 is 2.25 bits per heavy atom. The van der Waals surface area contributed by atoms with E-state index < -0.39 is 13.3 Å². The summed E-state index contributed by atoms with van der Waals surface area (Å²) in [6.45, 7) is 5.44. The lowest BCUT2D eigenvalue weighted by molar-refractivity contribution is -0.141. The number of anilines is 1. The van der Waals surface area contributed by atoms with Crippen LogP contribution in [0, 0.1) is 36.3 Å². The van der Waals surface area contributed by atoms with Crippen molar-refractivity contribution < 1.29 is 19.1 Å². The fourth-order valence-electron chi connectivity index (χ4n) is 9.15. The zero-order chi connectivity index (χ0) is 33.5. The molecule has 1 saturated heterocycles. The highest BCUT2D eigenvalue weighted by atomic mass is 31.1. The number of hydrogen-bond donors (Lipinski definition) is 1. The molecule has 2 fully saturated rings. The number of likely N-dealkylation sites (tertiary alicyclic amines) is 1. The van der Waals surface area contributed by atoms with Crippen LogP contribution in [0.4, 0.5) is 5.69 Å². The molecule has 0 aromatic heterocycles. The second-order valence-electron chi connectivity index (χ2n) is 13.4. The standard InChI is InChI=1S/C41H44N2O4P/c1-5-40(24-23-36(44)46-3)27-32(38(45)47-4)37-41(33-20-12-13-21-34(33)42-37)25-26-43(39(40)41)28(2)31-19-14-22-35(31)48(29-15-8-6-9-16-29)30-17-10-7-11-18-30/h6-22,28,39,42H,5,23-27H2,1-4H3/t28-,39+,40-,41+/m0/s1. The smallest absolute Gasteiger partial charge is 0.335 e. The third kappa shape index (κ3) is 5.31. The predicted octanol–water partition coefficient (Wildman–Crippen LogP) is 6.86. The topological polar surface area (TPSA) is 67.9 Å². The third-order valence-corrected chi connectivity index (χ3v) is 13.8. The van der Waals surface area contributed by atoms with Gasteiger partial charge in [-0.3, -0.25) is 9.69 Å². The summed E-state index contributed by atoms with van der Waals surface area (Å²) in [5.74, 6) is 0.830. The quantitative estimate of drug-likeness (QED) is 0.190. The number of nitrogens with zero attached hydrogens (tertiary/aromatic N) is 1. The molecule has 1 spiro atoms. The lowest BCUT2D eigenvalue weighted by Crippen LogP contribution is -2.60. The van der Waals surface area contributed by atoms with Gasteiger partial charge in [-0.2, -0.15) is 0 Å². The van der Waals surface area contributed by atoms with Gasteiger partial charge in [0.2, 0.25) is 0 Å². The number of benzene rings is 3. The lowest BCUT2D eigenvalue weighted by Gasteiger charge is -2.55. The number of fused-ring (bicyclic) bond motifs is 1. The van der Waals surface area contributed by atoms with Gasteiger partial charge in [0.25, 0.3) is 0 Å². The minimum absolute atomic E-state index is 0.0386. The minimum atomic E-state index is -0.785. The van der Waals surface area contributed by atoms with Gasteiger partial charge in [0.1, 0.15) is 0 Å². The highest BCUT2D eigenvalue weighted by Crippen LogP contribution is 2.66. The van der Waals surface area contributed by atoms with Crippen molar-refractivity contribution in [3.05, 3.63) is 133 Å². The Labute approximate surface area is 287 Å². The van der Waals surface area contributed by atoms with Crippen LogP contribution in [0.3, 0.4) is 0 Å². The van der Waals surface area contributed by atoms with Crippen LogP contribution in [0.15, 0.2) is 96.2 Å². The molecule has 2 heterocycles. The van der Waals surface area contributed by atoms with Gasteiger partial charge in [0.05, 0.1) is 25.2 Å². The molecule has 7 heteroatoms. The number of para-hydroxylation sites is 1. The van der Waals surface area contributed by atoms with Crippen LogP contribution in [0.5, 0.6) is 0 Å². The second kappa shape index (κ2) is 13.4. The Morgan fingerprint density at radius 2 is 1.60 bits per heavy atom. The number of hydrogen-bond acceptors (Lipinski definition) is 6.